The van der Waals surface area contributed by atoms with Crippen molar-refractivity contribution in [1.29, 1.82) is 0 Å². The summed E-state index contributed by atoms with van der Waals surface area (Å²) in [4.78, 5) is 21.6. The average Bonchev–Trinajstić information content (AvgIpc) is 2.67. The minimum atomic E-state index is -0.982. The van der Waals surface area contributed by atoms with Gasteiger partial charge in [0.25, 0.3) is 5.56 Å². The zero-order chi connectivity index (χ0) is 10.1. The highest BCUT2D eigenvalue weighted by atomic mass is 19.2. The van der Waals surface area contributed by atoms with Crippen molar-refractivity contribution in [3.63, 3.8) is 0 Å². The molecule has 1 aliphatic heterocycles. The van der Waals surface area contributed by atoms with E-state index in [1.807, 2.05) is 0 Å². The highest BCUT2D eigenvalue weighted by molar-refractivity contribution is 4.86. The fraction of sp³-hybridized carbons (Fsp3) is 0.500. The molecule has 0 aliphatic carbocycles. The fourth-order valence-electron chi connectivity index (χ4n) is 1.47. The van der Waals surface area contributed by atoms with Gasteiger partial charge in [-0.2, -0.15) is 0 Å². The summed E-state index contributed by atoms with van der Waals surface area (Å²) in [5, 5.41) is 0. The van der Waals surface area contributed by atoms with Crippen LogP contribution < -0.4 is 11.2 Å². The number of aromatic nitrogens is 2. The van der Waals surface area contributed by atoms with E-state index in [9.17, 15) is 14.1 Å². The molecule has 0 bridgehead atoms. The molecular weight excluding hydrogens is 191 g/mol. The Morgan fingerprint density at radius 2 is 2.29 bits per heavy atom. The molecule has 0 unspecified atom stereocenters. The van der Waals surface area contributed by atoms with E-state index in [1.165, 1.54) is 6.20 Å². The van der Waals surface area contributed by atoms with Crippen LogP contribution in [0.4, 0.5) is 4.48 Å². The number of halogens is 1. The average molecular weight is 200 g/mol. The second kappa shape index (κ2) is 3.38. The standard InChI is InChI=1S/C8H9FN2O3/c9-11-6(12)3-4-10(8(11)13)7-2-1-5-14-7/h3-4,7H,1-2,5H2/t7-/m1/s1. The molecule has 76 valence electrons. The van der Waals surface area contributed by atoms with Gasteiger partial charge in [-0.3, -0.25) is 9.36 Å². The summed E-state index contributed by atoms with van der Waals surface area (Å²) in [6.07, 6.45) is 2.32. The predicted molar refractivity (Wildman–Crippen MR) is 45.7 cm³/mol. The first-order valence-electron chi connectivity index (χ1n) is 4.32. The molecule has 0 saturated carbocycles. The Kier molecular flexibility index (Phi) is 2.20. The van der Waals surface area contributed by atoms with Gasteiger partial charge < -0.3 is 4.74 Å². The van der Waals surface area contributed by atoms with Crippen LogP contribution in [-0.4, -0.2) is 16.0 Å². The maximum absolute atomic E-state index is 12.9. The van der Waals surface area contributed by atoms with Gasteiger partial charge in [0.05, 0.1) is 0 Å². The monoisotopic (exact) mass is 200 g/mol. The third-order valence-electron chi connectivity index (χ3n) is 2.18. The topological polar surface area (TPSA) is 53.2 Å². The molecular formula is C8H9FN2O3. The Hall–Kier alpha value is -1.43. The largest absolute Gasteiger partial charge is 0.362 e. The molecule has 5 nitrogen and oxygen atoms in total. The van der Waals surface area contributed by atoms with Crippen LogP contribution in [0.2, 0.25) is 0 Å². The number of ether oxygens (including phenoxy) is 1. The third kappa shape index (κ3) is 1.37. The van der Waals surface area contributed by atoms with Gasteiger partial charge in [0.15, 0.2) is 0 Å². The van der Waals surface area contributed by atoms with Crippen molar-refractivity contribution in [3.05, 3.63) is 33.1 Å². The minimum absolute atomic E-state index is 0.415. The van der Waals surface area contributed by atoms with Crippen LogP contribution in [0, 0.1) is 0 Å². The number of hydrogen-bond acceptors (Lipinski definition) is 3. The number of rotatable bonds is 1. The molecule has 0 amide bonds. The van der Waals surface area contributed by atoms with Crippen LogP contribution in [0.25, 0.3) is 0 Å². The molecule has 0 radical (unpaired) electrons. The van der Waals surface area contributed by atoms with Gasteiger partial charge in [-0.15, -0.1) is 0 Å². The summed E-state index contributed by atoms with van der Waals surface area (Å²) >= 11 is 0. The zero-order valence-electron chi connectivity index (χ0n) is 7.35. The molecule has 1 saturated heterocycles. The van der Waals surface area contributed by atoms with Crippen LogP contribution in [0.1, 0.15) is 19.1 Å². The van der Waals surface area contributed by atoms with E-state index < -0.39 is 22.3 Å². The molecule has 1 atom stereocenters. The van der Waals surface area contributed by atoms with Crippen molar-refractivity contribution in [1.82, 2.24) is 9.36 Å². The summed E-state index contributed by atoms with van der Waals surface area (Å²) in [7, 11) is 0. The number of hydrogen-bond donors (Lipinski definition) is 0. The smallest absolute Gasteiger partial charge is 0.358 e. The molecule has 2 rings (SSSR count). The summed E-state index contributed by atoms with van der Waals surface area (Å²) in [6.45, 7) is 0.558. The first kappa shape index (κ1) is 9.14. The first-order chi connectivity index (χ1) is 6.70. The zero-order valence-corrected chi connectivity index (χ0v) is 7.35. The van der Waals surface area contributed by atoms with Crippen LogP contribution in [-0.2, 0) is 4.74 Å². The van der Waals surface area contributed by atoms with E-state index in [1.54, 1.807) is 0 Å². The van der Waals surface area contributed by atoms with E-state index in [-0.39, 0.29) is 0 Å². The van der Waals surface area contributed by atoms with Crippen molar-refractivity contribution in [2.45, 2.75) is 19.1 Å². The van der Waals surface area contributed by atoms with E-state index in [0.29, 0.717) is 13.0 Å². The van der Waals surface area contributed by atoms with Crippen molar-refractivity contribution < 1.29 is 9.22 Å². The Morgan fingerprint density at radius 1 is 1.50 bits per heavy atom. The Morgan fingerprint density at radius 3 is 2.93 bits per heavy atom. The van der Waals surface area contributed by atoms with Gasteiger partial charge in [-0.05, 0) is 12.8 Å². The van der Waals surface area contributed by atoms with Gasteiger partial charge in [0.2, 0.25) is 0 Å². The first-order valence-corrected chi connectivity index (χ1v) is 4.32. The van der Waals surface area contributed by atoms with Gasteiger partial charge >= 0.3 is 5.69 Å². The lowest BCUT2D eigenvalue weighted by molar-refractivity contribution is 0.0488. The highest BCUT2D eigenvalue weighted by Gasteiger charge is 2.19. The molecule has 0 N–H and O–H groups in total. The Labute approximate surface area is 78.3 Å². The second-order valence-corrected chi connectivity index (χ2v) is 3.09. The summed E-state index contributed by atoms with van der Waals surface area (Å²) in [5.41, 5.74) is -1.94. The quantitative estimate of drug-likeness (QED) is 0.643. The van der Waals surface area contributed by atoms with Crippen LogP contribution >= 0.6 is 0 Å². The third-order valence-corrected chi connectivity index (χ3v) is 2.18. The van der Waals surface area contributed by atoms with Gasteiger partial charge in [0.1, 0.15) is 6.23 Å². The maximum atomic E-state index is 12.9. The molecule has 1 aromatic heterocycles. The summed E-state index contributed by atoms with van der Waals surface area (Å²) in [5.74, 6) is 0. The van der Waals surface area contributed by atoms with E-state index in [0.717, 1.165) is 17.1 Å². The highest BCUT2D eigenvalue weighted by Crippen LogP contribution is 2.20. The predicted octanol–water partition coefficient (Wildman–Crippen LogP) is 0.0516. The van der Waals surface area contributed by atoms with Crippen molar-refractivity contribution in [3.8, 4) is 0 Å². The molecule has 6 heteroatoms. The van der Waals surface area contributed by atoms with Crippen LogP contribution in [0.3, 0.4) is 0 Å². The molecule has 0 spiro atoms. The lowest BCUT2D eigenvalue weighted by Gasteiger charge is -2.11. The Balaban J connectivity index is 2.49. The van der Waals surface area contributed by atoms with Gasteiger partial charge in [-0.1, -0.05) is 9.27 Å². The molecule has 2 heterocycles. The van der Waals surface area contributed by atoms with E-state index >= 15 is 0 Å². The second-order valence-electron chi connectivity index (χ2n) is 3.09. The minimum Gasteiger partial charge on any atom is -0.358 e. The lowest BCUT2D eigenvalue weighted by atomic mass is 10.3. The molecule has 14 heavy (non-hydrogen) atoms. The Bertz CT molecular complexity index is 445. The SMILES string of the molecule is O=c1ccn([C@H]2CCCO2)c(=O)n1F. The van der Waals surface area contributed by atoms with Crippen molar-refractivity contribution in [2.24, 2.45) is 0 Å². The summed E-state index contributed by atoms with van der Waals surface area (Å²) < 4.78 is 19.1. The molecule has 1 aliphatic rings. The van der Waals surface area contributed by atoms with Crippen LogP contribution in [0.5, 0.6) is 0 Å². The van der Waals surface area contributed by atoms with Gasteiger partial charge in [-0.25, -0.2) is 4.79 Å². The van der Waals surface area contributed by atoms with Gasteiger partial charge in [0, 0.05) is 18.9 Å². The number of nitrogens with zero attached hydrogens (tertiary/aromatic N) is 2. The lowest BCUT2D eigenvalue weighted by Crippen LogP contribution is -2.36. The fourth-order valence-corrected chi connectivity index (χ4v) is 1.47. The van der Waals surface area contributed by atoms with Crippen LogP contribution in [0.15, 0.2) is 21.9 Å². The molecule has 0 aromatic carbocycles. The normalized spacial score (nSPS) is 21.4. The maximum Gasteiger partial charge on any atom is 0.362 e. The van der Waals surface area contributed by atoms with E-state index in [2.05, 4.69) is 0 Å². The van der Waals surface area contributed by atoms with Crippen molar-refractivity contribution >= 4 is 0 Å². The van der Waals surface area contributed by atoms with Crippen molar-refractivity contribution in [2.75, 3.05) is 6.61 Å². The summed E-state index contributed by atoms with van der Waals surface area (Å²) in [6, 6.07) is 1.00. The van der Waals surface area contributed by atoms with E-state index in [4.69, 9.17) is 4.74 Å². The molecule has 1 aromatic rings. The molecule has 1 fully saturated rings.